The third-order valence-electron chi connectivity index (χ3n) is 4.82. The highest BCUT2D eigenvalue weighted by atomic mass is 32.1. The van der Waals surface area contributed by atoms with Crippen LogP contribution in [0.2, 0.25) is 0 Å². The smallest absolute Gasteiger partial charge is 0.265 e. The standard InChI is InChI=1S/C22H19N3O2S/c1-2-25-21(27)18(20(26)23-22(25)28)12-16-14-24(13-15-8-4-3-5-9-15)19-11-7-6-10-17(16)19/h3-12,14H,2,13H2,1H3,(H,23,26,28)/b18-12+. The monoisotopic (exact) mass is 389 g/mol. The van der Waals surface area contributed by atoms with Gasteiger partial charge in [0.15, 0.2) is 5.11 Å². The Labute approximate surface area is 168 Å². The molecule has 0 bridgehead atoms. The van der Waals surface area contributed by atoms with Crippen LogP contribution < -0.4 is 5.32 Å². The molecule has 140 valence electrons. The molecular weight excluding hydrogens is 370 g/mol. The van der Waals surface area contributed by atoms with Crippen LogP contribution in [0.25, 0.3) is 17.0 Å². The van der Waals surface area contributed by atoms with E-state index in [4.69, 9.17) is 12.2 Å². The van der Waals surface area contributed by atoms with Crippen molar-refractivity contribution in [2.24, 2.45) is 0 Å². The highest BCUT2D eigenvalue weighted by Crippen LogP contribution is 2.25. The van der Waals surface area contributed by atoms with Crippen molar-refractivity contribution in [3.05, 3.63) is 77.5 Å². The van der Waals surface area contributed by atoms with Gasteiger partial charge < -0.3 is 4.57 Å². The summed E-state index contributed by atoms with van der Waals surface area (Å²) in [5, 5.41) is 3.74. The summed E-state index contributed by atoms with van der Waals surface area (Å²) in [6.07, 6.45) is 3.64. The molecule has 1 aliphatic rings. The van der Waals surface area contributed by atoms with Crippen molar-refractivity contribution in [1.29, 1.82) is 0 Å². The minimum Gasteiger partial charge on any atom is -0.342 e. The molecule has 1 N–H and O–H groups in total. The average molecular weight is 389 g/mol. The maximum atomic E-state index is 12.7. The summed E-state index contributed by atoms with van der Waals surface area (Å²) in [6.45, 7) is 2.94. The van der Waals surface area contributed by atoms with Crippen molar-refractivity contribution in [2.75, 3.05) is 6.54 Å². The summed E-state index contributed by atoms with van der Waals surface area (Å²) in [4.78, 5) is 26.5. The summed E-state index contributed by atoms with van der Waals surface area (Å²) in [5.74, 6) is -0.823. The maximum Gasteiger partial charge on any atom is 0.265 e. The third-order valence-corrected chi connectivity index (χ3v) is 5.14. The lowest BCUT2D eigenvalue weighted by atomic mass is 10.1. The number of benzene rings is 2. The minimum absolute atomic E-state index is 0.0954. The molecule has 0 radical (unpaired) electrons. The Hall–Kier alpha value is -3.25. The van der Waals surface area contributed by atoms with E-state index in [1.165, 1.54) is 10.5 Å². The fraction of sp³-hybridized carbons (Fsp3) is 0.136. The van der Waals surface area contributed by atoms with Gasteiger partial charge in [0.05, 0.1) is 0 Å². The Kier molecular flexibility index (Phi) is 4.79. The number of para-hydroxylation sites is 1. The molecule has 0 saturated carbocycles. The van der Waals surface area contributed by atoms with Gasteiger partial charge in [-0.25, -0.2) is 0 Å². The Morgan fingerprint density at radius 1 is 1.04 bits per heavy atom. The average Bonchev–Trinajstić information content (AvgIpc) is 3.04. The molecule has 1 saturated heterocycles. The number of fused-ring (bicyclic) bond motifs is 1. The molecule has 2 aromatic carbocycles. The minimum atomic E-state index is -0.459. The zero-order valence-electron chi connectivity index (χ0n) is 15.4. The number of likely N-dealkylation sites (N-methyl/N-ethyl adjacent to an activating group) is 1. The van der Waals surface area contributed by atoms with Crippen LogP contribution in [0, 0.1) is 0 Å². The number of thiocarbonyl (C=S) groups is 1. The molecule has 0 aliphatic carbocycles. The number of amides is 2. The molecule has 5 nitrogen and oxygen atoms in total. The van der Waals surface area contributed by atoms with Crippen LogP contribution in [0.3, 0.4) is 0 Å². The molecule has 2 heterocycles. The highest BCUT2D eigenvalue weighted by Gasteiger charge is 2.32. The van der Waals surface area contributed by atoms with Gasteiger partial charge in [0.2, 0.25) is 0 Å². The first-order chi connectivity index (χ1) is 13.6. The van der Waals surface area contributed by atoms with Gasteiger partial charge in [-0.15, -0.1) is 0 Å². The van der Waals surface area contributed by atoms with E-state index in [1.807, 2.05) is 55.6 Å². The van der Waals surface area contributed by atoms with Gasteiger partial charge in [-0.05, 0) is 36.8 Å². The summed E-state index contributed by atoms with van der Waals surface area (Å²) >= 11 is 5.09. The number of hydrogen-bond acceptors (Lipinski definition) is 3. The summed E-state index contributed by atoms with van der Waals surface area (Å²) in [7, 11) is 0. The summed E-state index contributed by atoms with van der Waals surface area (Å²) in [5.41, 5.74) is 3.15. The second kappa shape index (κ2) is 7.40. The molecular formula is C22H19N3O2S. The number of nitrogens with one attached hydrogen (secondary N) is 1. The molecule has 1 aromatic heterocycles. The fourth-order valence-corrected chi connectivity index (χ4v) is 3.74. The Balaban J connectivity index is 1.79. The van der Waals surface area contributed by atoms with Gasteiger partial charge in [-0.2, -0.15) is 0 Å². The van der Waals surface area contributed by atoms with Gasteiger partial charge in [0.1, 0.15) is 5.57 Å². The fourth-order valence-electron chi connectivity index (χ4n) is 3.44. The lowest BCUT2D eigenvalue weighted by Crippen LogP contribution is -2.53. The number of aromatic nitrogens is 1. The Bertz CT molecular complexity index is 1120. The van der Waals surface area contributed by atoms with E-state index in [0.717, 1.165) is 16.5 Å². The number of nitrogens with zero attached hydrogens (tertiary/aromatic N) is 2. The number of carbonyl (C=O) groups is 2. The largest absolute Gasteiger partial charge is 0.342 e. The molecule has 28 heavy (non-hydrogen) atoms. The third kappa shape index (κ3) is 3.23. The zero-order chi connectivity index (χ0) is 19.7. The Morgan fingerprint density at radius 3 is 2.50 bits per heavy atom. The molecule has 3 aromatic rings. The van der Waals surface area contributed by atoms with Crippen molar-refractivity contribution in [3.8, 4) is 0 Å². The van der Waals surface area contributed by atoms with E-state index in [9.17, 15) is 9.59 Å². The second-order valence-electron chi connectivity index (χ2n) is 6.58. The lowest BCUT2D eigenvalue weighted by Gasteiger charge is -2.27. The number of hydrogen-bond donors (Lipinski definition) is 1. The van der Waals surface area contributed by atoms with Crippen LogP contribution in [0.4, 0.5) is 0 Å². The van der Waals surface area contributed by atoms with Crippen molar-refractivity contribution in [1.82, 2.24) is 14.8 Å². The number of carbonyl (C=O) groups excluding carboxylic acids is 2. The predicted octanol–water partition coefficient (Wildman–Crippen LogP) is 3.34. The molecule has 1 aliphatic heterocycles. The Morgan fingerprint density at radius 2 is 1.75 bits per heavy atom. The van der Waals surface area contributed by atoms with Crippen molar-refractivity contribution in [3.63, 3.8) is 0 Å². The molecule has 0 unspecified atom stereocenters. The van der Waals surface area contributed by atoms with Gasteiger partial charge in [-0.1, -0.05) is 48.5 Å². The van der Waals surface area contributed by atoms with Gasteiger partial charge in [0, 0.05) is 35.8 Å². The van der Waals surface area contributed by atoms with Crippen molar-refractivity contribution < 1.29 is 9.59 Å². The van der Waals surface area contributed by atoms with E-state index >= 15 is 0 Å². The van der Waals surface area contributed by atoms with E-state index < -0.39 is 5.91 Å². The lowest BCUT2D eigenvalue weighted by molar-refractivity contribution is -0.128. The van der Waals surface area contributed by atoms with Gasteiger partial charge in [-0.3, -0.25) is 19.8 Å². The predicted molar refractivity (Wildman–Crippen MR) is 114 cm³/mol. The topological polar surface area (TPSA) is 54.3 Å². The van der Waals surface area contributed by atoms with Crippen LogP contribution in [-0.2, 0) is 16.1 Å². The van der Waals surface area contributed by atoms with E-state index in [2.05, 4.69) is 22.0 Å². The van der Waals surface area contributed by atoms with Gasteiger partial charge >= 0.3 is 0 Å². The first kappa shape index (κ1) is 18.1. The molecule has 1 fully saturated rings. The molecule has 2 amide bonds. The van der Waals surface area contributed by atoms with Crippen LogP contribution in [-0.4, -0.2) is 32.9 Å². The van der Waals surface area contributed by atoms with Crippen LogP contribution in [0.5, 0.6) is 0 Å². The van der Waals surface area contributed by atoms with Crippen LogP contribution in [0.15, 0.2) is 66.4 Å². The normalized spacial score (nSPS) is 16.1. The summed E-state index contributed by atoms with van der Waals surface area (Å²) in [6, 6.07) is 18.1. The van der Waals surface area contributed by atoms with Crippen LogP contribution in [0.1, 0.15) is 18.1 Å². The number of rotatable bonds is 4. The zero-order valence-corrected chi connectivity index (χ0v) is 16.2. The van der Waals surface area contributed by atoms with Crippen LogP contribution >= 0.6 is 12.2 Å². The van der Waals surface area contributed by atoms with Crippen molar-refractivity contribution >= 4 is 46.1 Å². The molecule has 0 atom stereocenters. The first-order valence-electron chi connectivity index (χ1n) is 9.09. The van der Waals surface area contributed by atoms with E-state index in [-0.39, 0.29) is 16.6 Å². The van der Waals surface area contributed by atoms with Crippen molar-refractivity contribution in [2.45, 2.75) is 13.5 Å². The highest BCUT2D eigenvalue weighted by molar-refractivity contribution is 7.80. The second-order valence-corrected chi connectivity index (χ2v) is 6.97. The first-order valence-corrected chi connectivity index (χ1v) is 9.50. The molecule has 6 heteroatoms. The summed E-state index contributed by atoms with van der Waals surface area (Å²) < 4.78 is 2.13. The quantitative estimate of drug-likeness (QED) is 0.423. The van der Waals surface area contributed by atoms with E-state index in [0.29, 0.717) is 13.1 Å². The van der Waals surface area contributed by atoms with E-state index in [1.54, 1.807) is 6.08 Å². The molecule has 0 spiro atoms. The SMILES string of the molecule is CCN1C(=O)/C(=C/c2cn(Cc3ccccc3)c3ccccc23)C(=O)NC1=S. The molecule has 4 rings (SSSR count). The van der Waals surface area contributed by atoms with Gasteiger partial charge in [0.25, 0.3) is 11.8 Å². The maximum absolute atomic E-state index is 12.7.